The van der Waals surface area contributed by atoms with Crippen LogP contribution < -0.4 is 37.2 Å². The summed E-state index contributed by atoms with van der Waals surface area (Å²) < 4.78 is 0. The van der Waals surface area contributed by atoms with Gasteiger partial charge in [-0.15, -0.1) is 24.8 Å². The zero-order valence-electron chi connectivity index (χ0n) is 2.90. The zero-order chi connectivity index (χ0) is 0. The molecule has 2 N–H and O–H groups in total. The molecule has 2 radical (unpaired) electrons. The van der Waals surface area contributed by atoms with Gasteiger partial charge in [-0.25, -0.2) is 0 Å². The molecule has 0 fully saturated rings. The average molecular weight is 406 g/mol. The fraction of sp³-hybridized carbons (Fsp3) is 0. The van der Waals surface area contributed by atoms with Crippen LogP contribution in [-0.4, -0.2) is 31.7 Å². The predicted molar refractivity (Wildman–Crippen MR) is 23.9 cm³/mol. The van der Waals surface area contributed by atoms with E-state index < -0.39 is 0 Å². The molecule has 0 saturated carbocycles. The first-order chi connectivity index (χ1) is 0. The Morgan fingerprint density at radius 2 is 0.571 bits per heavy atom. The van der Waals surface area contributed by atoms with Crippen molar-refractivity contribution in [3.05, 3.63) is 0 Å². The molecule has 50 valence electrons. The molecule has 1 nitrogen and oxygen atoms in total. The van der Waals surface area contributed by atoms with Crippen LogP contribution in [0.3, 0.4) is 0 Å². The fourth-order valence-corrected chi connectivity index (χ4v) is 0. The van der Waals surface area contributed by atoms with Crippen LogP contribution >= 0.6 is 24.8 Å². The SMILES string of the molecule is Cl.Cl.O.[Bi+3].[Cl-].[Cl-].[Cl-]. The Kier molecular flexibility index (Phi) is 1460. The molecule has 0 spiro atoms. The van der Waals surface area contributed by atoms with Gasteiger partial charge in [-0.1, -0.05) is 0 Å². The van der Waals surface area contributed by atoms with Gasteiger partial charge in [-0.2, -0.15) is 0 Å². The van der Waals surface area contributed by atoms with Gasteiger partial charge in [0.1, 0.15) is 0 Å². The second-order valence-corrected chi connectivity index (χ2v) is 0. The van der Waals surface area contributed by atoms with Crippen LogP contribution in [0.4, 0.5) is 0 Å². The van der Waals surface area contributed by atoms with Crippen molar-refractivity contribution in [2.45, 2.75) is 0 Å². The molecule has 0 bridgehead atoms. The quantitative estimate of drug-likeness (QED) is 0.358. The van der Waals surface area contributed by atoms with Crippen LogP contribution in [0.15, 0.2) is 0 Å². The summed E-state index contributed by atoms with van der Waals surface area (Å²) in [5.41, 5.74) is 0. The molecule has 0 saturated heterocycles. The van der Waals surface area contributed by atoms with Crippen LogP contribution in [0, 0.1) is 0 Å². The molecule has 0 atom stereocenters. The molecule has 0 aliphatic heterocycles. The second-order valence-electron chi connectivity index (χ2n) is 0. The second kappa shape index (κ2) is 83.9. The number of rotatable bonds is 0. The third kappa shape index (κ3) is 62.5. The molecule has 7 heavy (non-hydrogen) atoms. The van der Waals surface area contributed by atoms with Crippen molar-refractivity contribution in [3.8, 4) is 0 Å². The minimum Gasteiger partial charge on any atom is -1.00 e. The van der Waals surface area contributed by atoms with E-state index in [1.807, 2.05) is 0 Å². The average Bonchev–Trinajstić information content (AvgIpc) is 0. The summed E-state index contributed by atoms with van der Waals surface area (Å²) in [6, 6.07) is 0. The van der Waals surface area contributed by atoms with Gasteiger partial charge >= 0.3 is 26.2 Å². The molecule has 0 amide bonds. The molecule has 0 unspecified atom stereocenters. The Labute approximate surface area is 92.9 Å². The summed E-state index contributed by atoms with van der Waals surface area (Å²) >= 11 is 0. The Morgan fingerprint density at radius 1 is 0.571 bits per heavy atom. The molecule has 0 rings (SSSR count). The zero-order valence-corrected chi connectivity index (χ0v) is 10.3. The smallest absolute Gasteiger partial charge is 1.00 e. The molecule has 0 aromatic carbocycles. The molecule has 0 aliphatic rings. The molecular formula is H4BiCl5O. The molecule has 0 aromatic rings. The number of hydrogen-bond donors (Lipinski definition) is 0. The van der Waals surface area contributed by atoms with Crippen LogP contribution in [0.1, 0.15) is 0 Å². The van der Waals surface area contributed by atoms with E-state index in [0.29, 0.717) is 0 Å². The van der Waals surface area contributed by atoms with E-state index in [-0.39, 0.29) is 93.7 Å². The molecule has 0 heterocycles. The van der Waals surface area contributed by atoms with E-state index in [4.69, 9.17) is 0 Å². The van der Waals surface area contributed by atoms with Crippen molar-refractivity contribution in [1.82, 2.24) is 0 Å². The van der Waals surface area contributed by atoms with Gasteiger partial charge in [-0.3, -0.25) is 0 Å². The number of halogens is 5. The van der Waals surface area contributed by atoms with Gasteiger partial charge in [0, 0.05) is 0 Å². The summed E-state index contributed by atoms with van der Waals surface area (Å²) in [6.45, 7) is 0. The van der Waals surface area contributed by atoms with E-state index in [0.717, 1.165) is 0 Å². The van der Waals surface area contributed by atoms with Crippen molar-refractivity contribution < 1.29 is 42.7 Å². The van der Waals surface area contributed by atoms with Gasteiger partial charge in [-0.05, 0) is 0 Å². The van der Waals surface area contributed by atoms with Crippen molar-refractivity contribution in [1.29, 1.82) is 0 Å². The molecule has 0 aromatic heterocycles. The van der Waals surface area contributed by atoms with Gasteiger partial charge < -0.3 is 42.7 Å². The maximum Gasteiger partial charge on any atom is 3.00 e. The third-order valence-corrected chi connectivity index (χ3v) is 0. The van der Waals surface area contributed by atoms with Crippen molar-refractivity contribution in [3.63, 3.8) is 0 Å². The summed E-state index contributed by atoms with van der Waals surface area (Å²) in [4.78, 5) is 0. The Hall–Kier alpha value is 2.29. The van der Waals surface area contributed by atoms with Gasteiger partial charge in [0.25, 0.3) is 0 Å². The first kappa shape index (κ1) is 122. The van der Waals surface area contributed by atoms with Gasteiger partial charge in [0.15, 0.2) is 0 Å². The Balaban J connectivity index is 0. The topological polar surface area (TPSA) is 31.5 Å². The first-order valence-electron chi connectivity index (χ1n) is 0. The van der Waals surface area contributed by atoms with E-state index in [9.17, 15) is 0 Å². The van der Waals surface area contributed by atoms with E-state index in [2.05, 4.69) is 0 Å². The summed E-state index contributed by atoms with van der Waals surface area (Å²) in [5.74, 6) is 0. The van der Waals surface area contributed by atoms with Gasteiger partial charge in [0.2, 0.25) is 0 Å². The normalized spacial score (nSPS) is 0. The third-order valence-electron chi connectivity index (χ3n) is 0. The molecular weight excluding hydrogens is 402 g/mol. The summed E-state index contributed by atoms with van der Waals surface area (Å²) in [6.07, 6.45) is 0. The van der Waals surface area contributed by atoms with E-state index in [1.165, 1.54) is 0 Å². The minimum absolute atomic E-state index is 0. The van der Waals surface area contributed by atoms with Crippen molar-refractivity contribution in [2.75, 3.05) is 0 Å². The van der Waals surface area contributed by atoms with E-state index in [1.54, 1.807) is 0 Å². The van der Waals surface area contributed by atoms with Gasteiger partial charge in [0.05, 0.1) is 0 Å². The monoisotopic (exact) mass is 404 g/mol. The van der Waals surface area contributed by atoms with Crippen LogP contribution in [0.5, 0.6) is 0 Å². The van der Waals surface area contributed by atoms with Crippen LogP contribution in [0.2, 0.25) is 0 Å². The first-order valence-corrected chi connectivity index (χ1v) is 0. The Morgan fingerprint density at radius 3 is 0.571 bits per heavy atom. The summed E-state index contributed by atoms with van der Waals surface area (Å²) in [7, 11) is 0. The maximum absolute atomic E-state index is 0. The largest absolute Gasteiger partial charge is 3.00 e. The minimum atomic E-state index is 0. The van der Waals surface area contributed by atoms with Crippen LogP contribution in [-0.2, 0) is 0 Å². The fourth-order valence-electron chi connectivity index (χ4n) is 0. The van der Waals surface area contributed by atoms with Crippen molar-refractivity contribution >= 4 is 51.0 Å². The number of hydrogen-bond acceptors (Lipinski definition) is 0. The molecule has 7 heteroatoms. The predicted octanol–water partition coefficient (Wildman–Crippen LogP) is -9.35. The summed E-state index contributed by atoms with van der Waals surface area (Å²) in [5, 5.41) is 0. The van der Waals surface area contributed by atoms with E-state index >= 15 is 0 Å². The maximum atomic E-state index is 0. The van der Waals surface area contributed by atoms with Crippen LogP contribution in [0.25, 0.3) is 0 Å². The standard InChI is InChI=1S/Bi.5ClH.H2O/h;5*1H;1H2/q+3;;;;;;/p-3. The van der Waals surface area contributed by atoms with Crippen molar-refractivity contribution in [2.24, 2.45) is 0 Å². The Bertz CT molecular complexity index is 8.04. The molecule has 0 aliphatic carbocycles.